The minimum Gasteiger partial charge on any atom is -0.364 e. The summed E-state index contributed by atoms with van der Waals surface area (Å²) in [5.74, 6) is -0.879. The van der Waals surface area contributed by atoms with Gasteiger partial charge in [0.05, 0.1) is 4.90 Å². The van der Waals surface area contributed by atoms with Crippen molar-refractivity contribution >= 4 is 39.1 Å². The first-order valence-electron chi connectivity index (χ1n) is 7.09. The van der Waals surface area contributed by atoms with Gasteiger partial charge in [0, 0.05) is 21.8 Å². The van der Waals surface area contributed by atoms with Gasteiger partial charge < -0.3 is 5.73 Å². The van der Waals surface area contributed by atoms with Gasteiger partial charge in [-0.1, -0.05) is 41.4 Å². The first-order chi connectivity index (χ1) is 11.8. The van der Waals surface area contributed by atoms with Crippen molar-refractivity contribution in [2.75, 3.05) is 0 Å². The molecule has 0 aliphatic carbocycles. The summed E-state index contributed by atoms with van der Waals surface area (Å²) in [7, 11) is -3.97. The number of halogens is 2. The van der Waals surface area contributed by atoms with Crippen LogP contribution in [0.15, 0.2) is 65.7 Å². The monoisotopic (exact) mass is 394 g/mol. The van der Waals surface area contributed by atoms with Crippen molar-refractivity contribution in [2.45, 2.75) is 4.90 Å². The second-order valence-corrected chi connectivity index (χ2v) is 7.90. The van der Waals surface area contributed by atoms with Crippen molar-refractivity contribution in [2.24, 2.45) is 5.73 Å². The van der Waals surface area contributed by atoms with Crippen LogP contribution in [-0.2, 0) is 10.0 Å². The molecule has 2 aromatic carbocycles. The maximum Gasteiger partial charge on any atom is 0.268 e. The molecule has 8 heteroatoms. The van der Waals surface area contributed by atoms with E-state index in [9.17, 15) is 13.2 Å². The summed E-state index contributed by atoms with van der Waals surface area (Å²) in [6.07, 6.45) is 1.28. The highest BCUT2D eigenvalue weighted by atomic mass is 35.5. The Morgan fingerprint density at radius 2 is 1.56 bits per heavy atom. The Labute approximate surface area is 154 Å². The minimum atomic E-state index is -3.97. The van der Waals surface area contributed by atoms with Gasteiger partial charge in [0.25, 0.3) is 15.9 Å². The van der Waals surface area contributed by atoms with E-state index >= 15 is 0 Å². The lowest BCUT2D eigenvalue weighted by molar-refractivity contribution is 0.0995. The van der Waals surface area contributed by atoms with Crippen LogP contribution in [0.2, 0.25) is 10.0 Å². The molecule has 0 radical (unpaired) electrons. The number of nitrogens with zero attached hydrogens (tertiary/aromatic N) is 1. The van der Waals surface area contributed by atoms with Crippen LogP contribution in [0.1, 0.15) is 10.5 Å². The summed E-state index contributed by atoms with van der Waals surface area (Å²) in [5.41, 5.74) is 6.12. The molecule has 25 heavy (non-hydrogen) atoms. The minimum absolute atomic E-state index is 0.0452. The number of amides is 1. The van der Waals surface area contributed by atoms with E-state index in [-0.39, 0.29) is 10.6 Å². The first kappa shape index (κ1) is 17.5. The number of hydrogen-bond acceptors (Lipinski definition) is 3. The van der Waals surface area contributed by atoms with Crippen molar-refractivity contribution in [3.63, 3.8) is 0 Å². The lowest BCUT2D eigenvalue weighted by Gasteiger charge is -2.10. The molecule has 128 valence electrons. The predicted molar refractivity (Wildman–Crippen MR) is 97.4 cm³/mol. The number of aromatic nitrogens is 1. The molecule has 0 saturated carbocycles. The summed E-state index contributed by atoms with van der Waals surface area (Å²) in [4.78, 5) is 12.0. The number of hydrogen-bond donors (Lipinski definition) is 1. The normalized spacial score (nSPS) is 11.4. The Morgan fingerprint density at radius 1 is 0.960 bits per heavy atom. The highest BCUT2D eigenvalue weighted by molar-refractivity contribution is 7.90. The maximum atomic E-state index is 12.8. The average Bonchev–Trinajstić information content (AvgIpc) is 3.01. The highest BCUT2D eigenvalue weighted by Crippen LogP contribution is 2.31. The van der Waals surface area contributed by atoms with Crippen LogP contribution in [0.3, 0.4) is 0 Å². The molecular weight excluding hydrogens is 383 g/mol. The van der Waals surface area contributed by atoms with Crippen LogP contribution >= 0.6 is 23.2 Å². The fourth-order valence-corrected chi connectivity index (χ4v) is 4.41. The van der Waals surface area contributed by atoms with Gasteiger partial charge >= 0.3 is 0 Å². The fraction of sp³-hybridized carbons (Fsp3) is 0. The predicted octanol–water partition coefficient (Wildman–Crippen LogP) is 3.80. The Morgan fingerprint density at radius 3 is 2.12 bits per heavy atom. The van der Waals surface area contributed by atoms with Gasteiger partial charge in [-0.15, -0.1) is 0 Å². The number of nitrogens with two attached hydrogens (primary N) is 1. The molecule has 3 aromatic rings. The van der Waals surface area contributed by atoms with E-state index in [1.54, 1.807) is 30.3 Å². The van der Waals surface area contributed by atoms with Gasteiger partial charge in [-0.25, -0.2) is 12.4 Å². The molecular formula is C17H12Cl2N2O3S. The molecule has 0 aliphatic rings. The van der Waals surface area contributed by atoms with Gasteiger partial charge in [0.2, 0.25) is 0 Å². The largest absolute Gasteiger partial charge is 0.364 e. The molecule has 5 nitrogen and oxygen atoms in total. The number of carbonyl (C=O) groups is 1. The van der Waals surface area contributed by atoms with Crippen molar-refractivity contribution < 1.29 is 13.2 Å². The van der Waals surface area contributed by atoms with E-state index in [0.29, 0.717) is 21.2 Å². The molecule has 0 atom stereocenters. The molecule has 0 aliphatic heterocycles. The molecule has 0 fully saturated rings. The van der Waals surface area contributed by atoms with Crippen LogP contribution in [0, 0.1) is 0 Å². The van der Waals surface area contributed by atoms with Crippen molar-refractivity contribution in [3.8, 4) is 11.1 Å². The van der Waals surface area contributed by atoms with Crippen LogP contribution in [0.4, 0.5) is 0 Å². The molecule has 0 bridgehead atoms. The second kappa shape index (κ2) is 6.55. The molecule has 1 heterocycles. The summed E-state index contributed by atoms with van der Waals surface area (Å²) in [5, 5.41) is 0.716. The Hall–Kier alpha value is -2.28. The smallest absolute Gasteiger partial charge is 0.268 e. The molecule has 0 spiro atoms. The maximum absolute atomic E-state index is 12.8. The van der Waals surface area contributed by atoms with Crippen LogP contribution in [-0.4, -0.2) is 18.3 Å². The van der Waals surface area contributed by atoms with Gasteiger partial charge in [-0.2, -0.15) is 0 Å². The van der Waals surface area contributed by atoms with E-state index in [1.165, 1.54) is 30.5 Å². The zero-order chi connectivity index (χ0) is 18.2. The van der Waals surface area contributed by atoms with E-state index in [4.69, 9.17) is 28.9 Å². The third-order valence-corrected chi connectivity index (χ3v) is 5.69. The van der Waals surface area contributed by atoms with Gasteiger partial charge in [-0.3, -0.25) is 4.79 Å². The summed E-state index contributed by atoms with van der Waals surface area (Å²) in [6.45, 7) is 0. The Bertz CT molecular complexity index is 1040. The van der Waals surface area contributed by atoms with Crippen LogP contribution in [0.25, 0.3) is 11.1 Å². The number of benzene rings is 2. The highest BCUT2D eigenvalue weighted by Gasteiger charge is 2.25. The third kappa shape index (κ3) is 3.28. The standard InChI is InChI=1S/C17H12Cl2N2O3S/c18-12-8-11(9-13(19)10-12)15-6-7-21(16(15)17(20)22)25(23,24)14-4-2-1-3-5-14/h1-10H,(H2,20,22). The lowest BCUT2D eigenvalue weighted by atomic mass is 10.1. The second-order valence-electron chi connectivity index (χ2n) is 5.21. The Balaban J connectivity index is 2.25. The average molecular weight is 395 g/mol. The molecule has 0 saturated heterocycles. The number of carbonyl (C=O) groups excluding carboxylic acids is 1. The summed E-state index contributed by atoms with van der Waals surface area (Å²) < 4.78 is 26.6. The fourth-order valence-electron chi connectivity index (χ4n) is 2.50. The van der Waals surface area contributed by atoms with Gasteiger partial charge in [-0.05, 0) is 42.0 Å². The lowest BCUT2D eigenvalue weighted by Crippen LogP contribution is -2.22. The molecule has 0 unspecified atom stereocenters. The number of rotatable bonds is 4. The molecule has 3 rings (SSSR count). The van der Waals surface area contributed by atoms with E-state index in [2.05, 4.69) is 0 Å². The molecule has 1 aromatic heterocycles. The topological polar surface area (TPSA) is 82.2 Å². The summed E-state index contributed by atoms with van der Waals surface area (Å²) in [6, 6.07) is 13.9. The van der Waals surface area contributed by atoms with Crippen molar-refractivity contribution in [1.29, 1.82) is 0 Å². The number of primary amides is 1. The third-order valence-electron chi connectivity index (χ3n) is 3.56. The zero-order valence-electron chi connectivity index (χ0n) is 12.7. The summed E-state index contributed by atoms with van der Waals surface area (Å²) >= 11 is 12.0. The molecule has 2 N–H and O–H groups in total. The molecule has 1 amide bonds. The Kier molecular flexibility index (Phi) is 4.60. The SMILES string of the molecule is NC(=O)c1c(-c2cc(Cl)cc(Cl)c2)ccn1S(=O)(=O)c1ccccc1. The van der Waals surface area contributed by atoms with E-state index in [1.807, 2.05) is 0 Å². The van der Waals surface area contributed by atoms with Crippen molar-refractivity contribution in [3.05, 3.63) is 76.5 Å². The van der Waals surface area contributed by atoms with Crippen LogP contribution < -0.4 is 5.73 Å². The van der Waals surface area contributed by atoms with Gasteiger partial charge in [0.1, 0.15) is 5.69 Å². The van der Waals surface area contributed by atoms with Crippen molar-refractivity contribution in [1.82, 2.24) is 3.97 Å². The van der Waals surface area contributed by atoms with Crippen LogP contribution in [0.5, 0.6) is 0 Å². The first-order valence-corrected chi connectivity index (χ1v) is 9.28. The van der Waals surface area contributed by atoms with Gasteiger partial charge in [0.15, 0.2) is 0 Å². The quantitative estimate of drug-likeness (QED) is 0.730. The van der Waals surface area contributed by atoms with E-state index in [0.717, 1.165) is 3.97 Å². The zero-order valence-corrected chi connectivity index (χ0v) is 15.0. The van der Waals surface area contributed by atoms with E-state index < -0.39 is 15.9 Å².